The first-order chi connectivity index (χ1) is 9.04. The maximum absolute atomic E-state index is 13.3. The molecule has 1 rings (SSSR count). The number of hydrogen-bond acceptors (Lipinski definition) is 2. The lowest BCUT2D eigenvalue weighted by Gasteiger charge is -2.05. The number of hydrogen-bond donors (Lipinski definition) is 3. The first kappa shape index (κ1) is 18.6. The number of carbonyl (C=O) groups excluding carboxylic acids is 1. The second kappa shape index (κ2) is 9.51. The van der Waals surface area contributed by atoms with Gasteiger partial charge < -0.3 is 16.4 Å². The number of guanidine groups is 1. The Morgan fingerprint density at radius 1 is 1.40 bits per heavy atom. The third-order valence-corrected chi connectivity index (χ3v) is 2.47. The van der Waals surface area contributed by atoms with Crippen LogP contribution in [0.5, 0.6) is 0 Å². The zero-order chi connectivity index (χ0) is 14.3. The largest absolute Gasteiger partial charge is 0.370 e. The molecule has 0 saturated carbocycles. The number of amides is 1. The van der Waals surface area contributed by atoms with Gasteiger partial charge in [-0.25, -0.2) is 4.39 Å². The van der Waals surface area contributed by atoms with Crippen LogP contribution in [0, 0.1) is 12.7 Å². The zero-order valence-electron chi connectivity index (χ0n) is 11.6. The molecule has 0 heterocycles. The average Bonchev–Trinajstić information content (AvgIpc) is 2.38. The van der Waals surface area contributed by atoms with Gasteiger partial charge in [0.1, 0.15) is 5.82 Å². The summed E-state index contributed by atoms with van der Waals surface area (Å²) in [5.74, 6) is -0.365. The van der Waals surface area contributed by atoms with Crippen molar-refractivity contribution in [3.05, 3.63) is 35.1 Å². The Morgan fingerprint density at radius 2 is 2.10 bits per heavy atom. The van der Waals surface area contributed by atoms with Gasteiger partial charge in [-0.3, -0.25) is 9.79 Å². The monoisotopic (exact) mass is 394 g/mol. The topological polar surface area (TPSA) is 79.5 Å². The minimum absolute atomic E-state index is 0. The molecule has 0 spiro atoms. The van der Waals surface area contributed by atoms with Crippen LogP contribution in [0.15, 0.2) is 23.2 Å². The first-order valence-corrected chi connectivity index (χ1v) is 6.12. The molecule has 7 heteroatoms. The van der Waals surface area contributed by atoms with E-state index in [1.54, 1.807) is 19.1 Å². The number of aliphatic imine (C=N–C) groups is 1. The van der Waals surface area contributed by atoms with Crippen LogP contribution in [-0.4, -0.2) is 31.5 Å². The summed E-state index contributed by atoms with van der Waals surface area (Å²) in [6.07, 6.45) is 0. The van der Waals surface area contributed by atoms with Gasteiger partial charge in [0, 0.05) is 18.7 Å². The summed E-state index contributed by atoms with van der Waals surface area (Å²) in [7, 11) is 0. The Morgan fingerprint density at radius 3 is 2.70 bits per heavy atom. The van der Waals surface area contributed by atoms with E-state index in [1.807, 2.05) is 6.92 Å². The minimum atomic E-state index is -0.387. The molecule has 5 nitrogen and oxygen atoms in total. The van der Waals surface area contributed by atoms with Crippen molar-refractivity contribution in [2.24, 2.45) is 10.7 Å². The fraction of sp³-hybridized carbons (Fsp3) is 0.385. The van der Waals surface area contributed by atoms with E-state index >= 15 is 0 Å². The van der Waals surface area contributed by atoms with E-state index in [2.05, 4.69) is 15.6 Å². The predicted molar refractivity (Wildman–Crippen MR) is 89.1 cm³/mol. The van der Waals surface area contributed by atoms with Crippen molar-refractivity contribution >= 4 is 35.8 Å². The Bertz CT molecular complexity index is 479. The van der Waals surface area contributed by atoms with Crippen molar-refractivity contribution < 1.29 is 9.18 Å². The highest BCUT2D eigenvalue weighted by molar-refractivity contribution is 14.0. The fourth-order valence-corrected chi connectivity index (χ4v) is 1.42. The third-order valence-electron chi connectivity index (χ3n) is 2.47. The molecular formula is C13H20FIN4O. The SMILES string of the molecule is CCNC(N)=NCCNC(=O)c1ccc(C)c(F)c1.I. The van der Waals surface area contributed by atoms with Crippen LogP contribution >= 0.6 is 24.0 Å². The summed E-state index contributed by atoms with van der Waals surface area (Å²) in [4.78, 5) is 15.7. The second-order valence-corrected chi connectivity index (χ2v) is 4.02. The van der Waals surface area contributed by atoms with E-state index in [0.29, 0.717) is 36.7 Å². The molecule has 4 N–H and O–H groups in total. The summed E-state index contributed by atoms with van der Waals surface area (Å²) in [6, 6.07) is 4.39. The summed E-state index contributed by atoms with van der Waals surface area (Å²) in [6.45, 7) is 4.98. The van der Waals surface area contributed by atoms with Crippen LogP contribution in [0.1, 0.15) is 22.8 Å². The smallest absolute Gasteiger partial charge is 0.251 e. The highest BCUT2D eigenvalue weighted by Gasteiger charge is 2.07. The van der Waals surface area contributed by atoms with Gasteiger partial charge in [0.15, 0.2) is 5.96 Å². The molecule has 0 radical (unpaired) electrons. The minimum Gasteiger partial charge on any atom is -0.370 e. The highest BCUT2D eigenvalue weighted by atomic mass is 127. The summed E-state index contributed by atoms with van der Waals surface area (Å²) in [5.41, 5.74) is 6.34. The first-order valence-electron chi connectivity index (χ1n) is 6.12. The van der Waals surface area contributed by atoms with E-state index in [1.165, 1.54) is 6.07 Å². The van der Waals surface area contributed by atoms with Crippen LogP contribution < -0.4 is 16.4 Å². The van der Waals surface area contributed by atoms with Crippen molar-refractivity contribution in [1.82, 2.24) is 10.6 Å². The quantitative estimate of drug-likeness (QED) is 0.306. The van der Waals surface area contributed by atoms with E-state index in [4.69, 9.17) is 5.73 Å². The van der Waals surface area contributed by atoms with Gasteiger partial charge in [-0.2, -0.15) is 0 Å². The Kier molecular flexibility index (Phi) is 8.86. The standard InChI is InChI=1S/C13H19FN4O.HI/c1-3-16-13(15)18-7-6-17-12(19)10-5-4-9(2)11(14)8-10;/h4-5,8H,3,6-7H2,1-2H3,(H,17,19)(H3,15,16,18);1H. The molecule has 0 fully saturated rings. The molecular weight excluding hydrogens is 374 g/mol. The van der Waals surface area contributed by atoms with Gasteiger partial charge in [0.2, 0.25) is 0 Å². The van der Waals surface area contributed by atoms with Crippen molar-refractivity contribution in [3.8, 4) is 0 Å². The number of nitrogens with two attached hydrogens (primary N) is 1. The van der Waals surface area contributed by atoms with E-state index in [9.17, 15) is 9.18 Å². The molecule has 1 aromatic rings. The van der Waals surface area contributed by atoms with E-state index in [0.717, 1.165) is 0 Å². The Labute approximate surface area is 135 Å². The molecule has 0 aromatic heterocycles. The molecule has 20 heavy (non-hydrogen) atoms. The van der Waals surface area contributed by atoms with Gasteiger partial charge in [0.05, 0.1) is 6.54 Å². The lowest BCUT2D eigenvalue weighted by Crippen LogP contribution is -2.33. The van der Waals surface area contributed by atoms with Gasteiger partial charge in [-0.05, 0) is 31.5 Å². The number of benzene rings is 1. The molecule has 1 aromatic carbocycles. The average molecular weight is 394 g/mol. The molecule has 0 aliphatic carbocycles. The predicted octanol–water partition coefficient (Wildman–Crippen LogP) is 1.41. The van der Waals surface area contributed by atoms with Crippen molar-refractivity contribution in [3.63, 3.8) is 0 Å². The number of rotatable bonds is 5. The molecule has 0 aliphatic rings. The van der Waals surface area contributed by atoms with Crippen LogP contribution in [0.3, 0.4) is 0 Å². The lowest BCUT2D eigenvalue weighted by atomic mass is 10.1. The Hall–Kier alpha value is -1.38. The summed E-state index contributed by atoms with van der Waals surface area (Å²) >= 11 is 0. The second-order valence-electron chi connectivity index (χ2n) is 4.02. The molecule has 0 bridgehead atoms. The van der Waals surface area contributed by atoms with Gasteiger partial charge in [-0.15, -0.1) is 24.0 Å². The Balaban J connectivity index is 0.00000361. The van der Waals surface area contributed by atoms with Crippen LogP contribution in [-0.2, 0) is 0 Å². The number of halogens is 2. The number of nitrogens with one attached hydrogen (secondary N) is 2. The normalized spacial score (nSPS) is 10.7. The molecule has 0 atom stereocenters. The van der Waals surface area contributed by atoms with Gasteiger partial charge in [-0.1, -0.05) is 6.07 Å². The number of nitrogens with zero attached hydrogens (tertiary/aromatic N) is 1. The maximum atomic E-state index is 13.3. The summed E-state index contributed by atoms with van der Waals surface area (Å²) in [5, 5.41) is 5.49. The lowest BCUT2D eigenvalue weighted by molar-refractivity contribution is 0.0954. The van der Waals surface area contributed by atoms with Crippen molar-refractivity contribution in [2.75, 3.05) is 19.6 Å². The fourth-order valence-electron chi connectivity index (χ4n) is 1.42. The number of carbonyl (C=O) groups is 1. The van der Waals surface area contributed by atoms with Crippen molar-refractivity contribution in [1.29, 1.82) is 0 Å². The summed E-state index contributed by atoms with van der Waals surface area (Å²) < 4.78 is 13.3. The maximum Gasteiger partial charge on any atom is 0.251 e. The van der Waals surface area contributed by atoms with Gasteiger partial charge in [0.25, 0.3) is 5.91 Å². The van der Waals surface area contributed by atoms with Crippen molar-refractivity contribution in [2.45, 2.75) is 13.8 Å². The van der Waals surface area contributed by atoms with Crippen LogP contribution in [0.2, 0.25) is 0 Å². The molecule has 0 unspecified atom stereocenters. The van der Waals surface area contributed by atoms with Crippen LogP contribution in [0.25, 0.3) is 0 Å². The zero-order valence-corrected chi connectivity index (χ0v) is 13.9. The van der Waals surface area contributed by atoms with Gasteiger partial charge >= 0.3 is 0 Å². The molecule has 112 valence electrons. The van der Waals surface area contributed by atoms with E-state index < -0.39 is 0 Å². The highest BCUT2D eigenvalue weighted by Crippen LogP contribution is 2.08. The van der Waals surface area contributed by atoms with E-state index in [-0.39, 0.29) is 35.7 Å². The van der Waals surface area contributed by atoms with Crippen LogP contribution in [0.4, 0.5) is 4.39 Å². The third kappa shape index (κ3) is 6.18. The molecule has 1 amide bonds. The molecule has 0 aliphatic heterocycles. The number of aryl methyl sites for hydroxylation is 1. The molecule has 0 saturated heterocycles.